The first-order chi connectivity index (χ1) is 23.6. The summed E-state index contributed by atoms with van der Waals surface area (Å²) in [7, 11) is 0. The summed E-state index contributed by atoms with van der Waals surface area (Å²) in [5.74, 6) is -7.68. The Balaban J connectivity index is 2.15. The van der Waals surface area contributed by atoms with Gasteiger partial charge in [0.05, 0.1) is 19.2 Å². The van der Waals surface area contributed by atoms with Crippen molar-refractivity contribution in [2.24, 2.45) is 23.5 Å². The summed E-state index contributed by atoms with van der Waals surface area (Å²) < 4.78 is 5.27. The first-order valence-electron chi connectivity index (χ1n) is 17.5. The molecule has 0 heterocycles. The van der Waals surface area contributed by atoms with Crippen LogP contribution in [-0.4, -0.2) is 82.9 Å². The summed E-state index contributed by atoms with van der Waals surface area (Å²) in [6.45, 7) is 8.62. The summed E-state index contributed by atoms with van der Waals surface area (Å²) in [4.78, 5) is 77.5. The minimum Gasteiger partial charge on any atom is -0.449 e. The van der Waals surface area contributed by atoms with Crippen molar-refractivity contribution in [3.05, 3.63) is 35.9 Å². The molecule has 1 aliphatic carbocycles. The first-order valence-corrected chi connectivity index (χ1v) is 17.5. The molecule has 0 aliphatic heterocycles. The van der Waals surface area contributed by atoms with E-state index in [9.17, 15) is 39.0 Å². The highest BCUT2D eigenvalue weighted by Gasteiger charge is 2.44. The molecule has 0 aromatic heterocycles. The molecule has 15 nitrogen and oxygen atoms in total. The van der Waals surface area contributed by atoms with Gasteiger partial charge in [-0.25, -0.2) is 4.79 Å². The third-order valence-corrected chi connectivity index (χ3v) is 8.41. The van der Waals surface area contributed by atoms with Crippen LogP contribution in [0.4, 0.5) is 4.79 Å². The molecule has 1 saturated carbocycles. The molecule has 0 spiro atoms. The molecule has 0 unspecified atom stereocenters. The molecule has 0 bridgehead atoms. The highest BCUT2D eigenvalue weighted by molar-refractivity contribution is 5.94. The highest BCUT2D eigenvalue weighted by Crippen LogP contribution is 2.27. The fourth-order valence-electron chi connectivity index (χ4n) is 5.80. The maximum absolute atomic E-state index is 13.7. The maximum Gasteiger partial charge on any atom is 0.407 e. The number of amides is 6. The lowest BCUT2D eigenvalue weighted by atomic mass is 9.83. The number of ether oxygens (including phenoxy) is 1. The zero-order valence-corrected chi connectivity index (χ0v) is 29.8. The van der Waals surface area contributed by atoms with Gasteiger partial charge in [-0.1, -0.05) is 90.6 Å². The number of nitrogens with one attached hydrogen (secondary N) is 5. The van der Waals surface area contributed by atoms with E-state index in [0.717, 1.165) is 19.3 Å². The summed E-state index contributed by atoms with van der Waals surface area (Å²) in [5.41, 5.74) is 5.85. The molecule has 6 amide bonds. The van der Waals surface area contributed by atoms with Crippen molar-refractivity contribution in [1.82, 2.24) is 26.6 Å². The Morgan fingerprint density at radius 1 is 0.880 bits per heavy atom. The molecule has 15 heteroatoms. The van der Waals surface area contributed by atoms with Crippen LogP contribution >= 0.6 is 0 Å². The number of primary amides is 1. The topological polar surface area (TPSA) is 238 Å². The molecular formula is C35H56N6O9. The molecule has 1 aromatic carbocycles. The number of rotatable bonds is 19. The van der Waals surface area contributed by atoms with Crippen molar-refractivity contribution in [2.75, 3.05) is 13.2 Å². The van der Waals surface area contributed by atoms with E-state index in [0.29, 0.717) is 24.8 Å². The quantitative estimate of drug-likeness (QED) is 0.0967. The Morgan fingerprint density at radius 3 is 2.08 bits per heavy atom. The second-order valence-electron chi connectivity index (χ2n) is 13.8. The minimum atomic E-state index is -3.16. The molecule has 1 aliphatic rings. The number of carbonyl (C=O) groups excluding carboxylic acids is 6. The van der Waals surface area contributed by atoms with Crippen molar-refractivity contribution in [3.63, 3.8) is 0 Å². The second-order valence-corrected chi connectivity index (χ2v) is 13.8. The lowest BCUT2D eigenvalue weighted by Gasteiger charge is -2.33. The maximum atomic E-state index is 13.7. The molecule has 280 valence electrons. The molecule has 4 atom stereocenters. The van der Waals surface area contributed by atoms with Crippen molar-refractivity contribution >= 4 is 35.6 Å². The lowest BCUT2D eigenvalue weighted by Crippen LogP contribution is -2.64. The number of carbonyl (C=O) groups is 6. The van der Waals surface area contributed by atoms with Crippen molar-refractivity contribution in [1.29, 1.82) is 0 Å². The van der Waals surface area contributed by atoms with Crippen molar-refractivity contribution in [2.45, 2.75) is 116 Å². The summed E-state index contributed by atoms with van der Waals surface area (Å²) in [6, 6.07) is 3.38. The lowest BCUT2D eigenvalue weighted by molar-refractivity contribution is -0.197. The number of benzene rings is 1. The molecule has 9 N–H and O–H groups in total. The van der Waals surface area contributed by atoms with Crippen LogP contribution in [0.15, 0.2) is 30.3 Å². The Hall–Kier alpha value is -4.24. The standard InChI is InChI=1S/C35H56N6O9/c1-6-13-26(35(48,49)33(46)37-19-27(42)40-28(30(36)43)23-14-9-7-10-15-23)39-31(44)25(18-21(2)3)38-32(45)29(24-16-11-8-12-17-24)41-34(47)50-20-22(4)5/h7,9-10,14-15,21-22,24-26,28-29,48-49H,6,8,11-13,16-20H2,1-5H3,(H2,36,43)(H,37,46)(H,38,45)(H,39,44)(H,40,42)(H,41,47)/t25-,26-,28-,29-/m0/s1. The Morgan fingerprint density at radius 2 is 1.52 bits per heavy atom. The molecule has 1 aromatic rings. The average molecular weight is 705 g/mol. The molecule has 50 heavy (non-hydrogen) atoms. The second kappa shape index (κ2) is 20.4. The Labute approximate surface area is 294 Å². The van der Waals surface area contributed by atoms with Gasteiger partial charge in [-0.05, 0) is 49.0 Å². The molecule has 0 saturated heterocycles. The fraction of sp³-hybridized carbons (Fsp3) is 0.657. The third kappa shape index (κ3) is 13.6. The summed E-state index contributed by atoms with van der Waals surface area (Å²) >= 11 is 0. The van der Waals surface area contributed by atoms with Crippen LogP contribution in [0.1, 0.15) is 97.6 Å². The predicted molar refractivity (Wildman–Crippen MR) is 185 cm³/mol. The molecule has 2 rings (SSSR count). The van der Waals surface area contributed by atoms with Crippen LogP contribution in [0.5, 0.6) is 0 Å². The minimum absolute atomic E-state index is 0.0492. The average Bonchev–Trinajstić information content (AvgIpc) is 3.07. The van der Waals surface area contributed by atoms with E-state index in [1.54, 1.807) is 37.3 Å². The Kier molecular flexibility index (Phi) is 17.1. The smallest absolute Gasteiger partial charge is 0.407 e. The predicted octanol–water partition coefficient (Wildman–Crippen LogP) is 1.27. The van der Waals surface area contributed by atoms with Gasteiger partial charge in [0.15, 0.2) is 0 Å². The number of hydrogen-bond donors (Lipinski definition) is 8. The van der Waals surface area contributed by atoms with Crippen LogP contribution in [0.3, 0.4) is 0 Å². The number of aliphatic hydroxyl groups is 2. The van der Waals surface area contributed by atoms with Crippen LogP contribution < -0.4 is 32.3 Å². The van der Waals surface area contributed by atoms with Gasteiger partial charge in [-0.3, -0.25) is 24.0 Å². The number of alkyl carbamates (subject to hydrolysis) is 1. The summed E-state index contributed by atoms with van der Waals surface area (Å²) in [5, 5.41) is 34.4. The molecule has 1 fully saturated rings. The Bertz CT molecular complexity index is 1280. The van der Waals surface area contributed by atoms with Gasteiger partial charge >= 0.3 is 6.09 Å². The van der Waals surface area contributed by atoms with Crippen LogP contribution in [0.2, 0.25) is 0 Å². The van der Waals surface area contributed by atoms with Crippen LogP contribution in [0.25, 0.3) is 0 Å². The van der Waals surface area contributed by atoms with E-state index in [4.69, 9.17) is 10.5 Å². The van der Waals surface area contributed by atoms with Gasteiger partial charge in [0.2, 0.25) is 23.6 Å². The van der Waals surface area contributed by atoms with E-state index in [1.807, 2.05) is 27.7 Å². The van der Waals surface area contributed by atoms with Gasteiger partial charge in [0, 0.05) is 0 Å². The highest BCUT2D eigenvalue weighted by atomic mass is 16.5. The normalized spacial score (nSPS) is 16.0. The summed E-state index contributed by atoms with van der Waals surface area (Å²) in [6.07, 6.45) is 3.94. The van der Waals surface area contributed by atoms with E-state index in [2.05, 4.69) is 26.6 Å². The monoisotopic (exact) mass is 704 g/mol. The SMILES string of the molecule is CCC[C@H](NC(=O)[C@H](CC(C)C)NC(=O)[C@@H](NC(=O)OCC(C)C)C1CCCCC1)C(O)(O)C(=O)NCC(=O)N[C@H](C(N)=O)c1ccccc1. The fourth-order valence-corrected chi connectivity index (χ4v) is 5.80. The van der Waals surface area contributed by atoms with Gasteiger partial charge in [0.25, 0.3) is 11.7 Å². The largest absolute Gasteiger partial charge is 0.449 e. The number of hydrogen-bond acceptors (Lipinski definition) is 9. The zero-order valence-electron chi connectivity index (χ0n) is 29.8. The number of nitrogens with two attached hydrogens (primary N) is 1. The van der Waals surface area contributed by atoms with E-state index in [1.165, 1.54) is 0 Å². The van der Waals surface area contributed by atoms with Gasteiger partial charge < -0.3 is 47.3 Å². The first kappa shape index (κ1) is 41.9. The van der Waals surface area contributed by atoms with Gasteiger partial charge in [0.1, 0.15) is 18.1 Å². The molecule has 0 radical (unpaired) electrons. The van der Waals surface area contributed by atoms with Crippen LogP contribution in [-0.2, 0) is 28.7 Å². The van der Waals surface area contributed by atoms with E-state index >= 15 is 0 Å². The molecular weight excluding hydrogens is 648 g/mol. The van der Waals surface area contributed by atoms with Crippen LogP contribution in [0, 0.1) is 17.8 Å². The van der Waals surface area contributed by atoms with E-state index < -0.39 is 72.1 Å². The van der Waals surface area contributed by atoms with Gasteiger partial charge in [-0.2, -0.15) is 0 Å². The van der Waals surface area contributed by atoms with Crippen molar-refractivity contribution in [3.8, 4) is 0 Å². The van der Waals surface area contributed by atoms with Crippen molar-refractivity contribution < 1.29 is 43.7 Å². The third-order valence-electron chi connectivity index (χ3n) is 8.41. The van der Waals surface area contributed by atoms with E-state index in [-0.39, 0.29) is 37.2 Å². The zero-order chi connectivity index (χ0) is 37.4. The van der Waals surface area contributed by atoms with Gasteiger partial charge in [-0.15, -0.1) is 0 Å².